The van der Waals surface area contributed by atoms with Gasteiger partial charge in [0.15, 0.2) is 11.8 Å². The summed E-state index contributed by atoms with van der Waals surface area (Å²) in [6, 6.07) is 20.7. The summed E-state index contributed by atoms with van der Waals surface area (Å²) in [7, 11) is 1.97. The highest BCUT2D eigenvalue weighted by Crippen LogP contribution is 2.02. The van der Waals surface area contributed by atoms with Crippen molar-refractivity contribution in [2.75, 3.05) is 6.54 Å². The minimum Gasteiger partial charge on any atom is -0.356 e. The van der Waals surface area contributed by atoms with Crippen LogP contribution in [0, 0.1) is 6.92 Å². The van der Waals surface area contributed by atoms with Crippen molar-refractivity contribution in [3.8, 4) is 0 Å². The van der Waals surface area contributed by atoms with Gasteiger partial charge in [0.25, 0.3) is 0 Å². The third-order valence-corrected chi connectivity index (χ3v) is 4.41. The van der Waals surface area contributed by atoms with Gasteiger partial charge in [-0.1, -0.05) is 60.7 Å². The Hall–Kier alpha value is -3.15. The average molecular weight is 362 g/mol. The molecule has 0 bridgehead atoms. The lowest BCUT2D eigenvalue weighted by Crippen LogP contribution is -2.38. The quantitative estimate of drug-likeness (QED) is 0.501. The number of rotatable bonds is 7. The highest BCUT2D eigenvalue weighted by atomic mass is 15.3. The predicted molar refractivity (Wildman–Crippen MR) is 108 cm³/mol. The fourth-order valence-corrected chi connectivity index (χ4v) is 2.67. The summed E-state index contributed by atoms with van der Waals surface area (Å²) in [4.78, 5) is 4.71. The number of aliphatic imine (C=N–C) groups is 1. The first kappa shape index (κ1) is 18.6. The fraction of sp³-hybridized carbons (Fsp3) is 0.286. The van der Waals surface area contributed by atoms with E-state index in [4.69, 9.17) is 4.99 Å². The zero-order valence-electron chi connectivity index (χ0n) is 15.9. The van der Waals surface area contributed by atoms with Gasteiger partial charge in [0.2, 0.25) is 0 Å². The molecule has 0 amide bonds. The van der Waals surface area contributed by atoms with E-state index in [-0.39, 0.29) is 0 Å². The lowest BCUT2D eigenvalue weighted by molar-refractivity contribution is 0.713. The molecule has 0 unspecified atom stereocenters. The summed E-state index contributed by atoms with van der Waals surface area (Å²) in [5, 5.41) is 15.1. The van der Waals surface area contributed by atoms with Crippen molar-refractivity contribution in [3.05, 3.63) is 83.4 Å². The molecule has 1 heterocycles. The van der Waals surface area contributed by atoms with Gasteiger partial charge in [-0.05, 0) is 24.5 Å². The van der Waals surface area contributed by atoms with Gasteiger partial charge in [0.1, 0.15) is 5.82 Å². The fourth-order valence-electron chi connectivity index (χ4n) is 2.67. The van der Waals surface area contributed by atoms with E-state index in [9.17, 15) is 0 Å². The van der Waals surface area contributed by atoms with Crippen molar-refractivity contribution in [1.82, 2.24) is 25.4 Å². The van der Waals surface area contributed by atoms with Gasteiger partial charge in [0.05, 0.1) is 13.1 Å². The lowest BCUT2D eigenvalue weighted by Gasteiger charge is -2.13. The Labute approximate surface area is 160 Å². The first-order valence-electron chi connectivity index (χ1n) is 9.17. The number of hydrogen-bond acceptors (Lipinski definition) is 3. The van der Waals surface area contributed by atoms with Gasteiger partial charge in [-0.2, -0.15) is 0 Å². The Bertz CT molecular complexity index is 855. The van der Waals surface area contributed by atoms with Crippen LogP contribution in [-0.4, -0.2) is 27.3 Å². The molecule has 140 valence electrons. The van der Waals surface area contributed by atoms with E-state index in [0.29, 0.717) is 13.1 Å². The summed E-state index contributed by atoms with van der Waals surface area (Å²) in [5.74, 6) is 2.55. The molecule has 0 aliphatic carbocycles. The molecule has 0 aliphatic rings. The molecule has 2 N–H and O–H groups in total. The predicted octanol–water partition coefficient (Wildman–Crippen LogP) is 2.60. The molecule has 6 heteroatoms. The molecule has 0 radical (unpaired) electrons. The number of nitrogens with zero attached hydrogens (tertiary/aromatic N) is 4. The van der Waals surface area contributed by atoms with Crippen molar-refractivity contribution < 1.29 is 0 Å². The van der Waals surface area contributed by atoms with Gasteiger partial charge in [0, 0.05) is 13.6 Å². The standard InChI is InChI=1S/C21H26N6/c1-17-25-26-20(27(17)2)16-24-21(23-15-19-11-7-4-8-12-19)22-14-13-18-9-5-3-6-10-18/h3-12H,13-16H2,1-2H3,(H2,22,23,24). The Kier molecular flexibility index (Phi) is 6.57. The summed E-state index contributed by atoms with van der Waals surface area (Å²) < 4.78 is 1.98. The number of aromatic nitrogens is 3. The third kappa shape index (κ3) is 5.67. The first-order valence-corrected chi connectivity index (χ1v) is 9.17. The van der Waals surface area contributed by atoms with E-state index in [1.807, 2.05) is 42.8 Å². The molecule has 0 saturated carbocycles. The molecule has 3 rings (SSSR count). The number of hydrogen-bond donors (Lipinski definition) is 2. The Balaban J connectivity index is 1.61. The third-order valence-electron chi connectivity index (χ3n) is 4.41. The van der Waals surface area contributed by atoms with E-state index < -0.39 is 0 Å². The molecule has 3 aromatic rings. The zero-order chi connectivity index (χ0) is 18.9. The van der Waals surface area contributed by atoms with Crippen LogP contribution >= 0.6 is 0 Å². The lowest BCUT2D eigenvalue weighted by atomic mass is 10.1. The van der Waals surface area contributed by atoms with Gasteiger partial charge in [-0.25, -0.2) is 4.99 Å². The molecule has 27 heavy (non-hydrogen) atoms. The van der Waals surface area contributed by atoms with Crippen LogP contribution in [-0.2, 0) is 26.6 Å². The molecule has 1 aromatic heterocycles. The van der Waals surface area contributed by atoms with Gasteiger partial charge in [-0.15, -0.1) is 10.2 Å². The molecular formula is C21H26N6. The average Bonchev–Trinajstić information content (AvgIpc) is 3.03. The van der Waals surface area contributed by atoms with Crippen LogP contribution in [0.2, 0.25) is 0 Å². The number of benzene rings is 2. The Morgan fingerprint density at radius 3 is 2.22 bits per heavy atom. The van der Waals surface area contributed by atoms with Gasteiger partial charge < -0.3 is 15.2 Å². The van der Waals surface area contributed by atoms with Crippen molar-refractivity contribution in [2.45, 2.75) is 26.4 Å². The molecule has 6 nitrogen and oxygen atoms in total. The molecule has 0 aliphatic heterocycles. The molecular weight excluding hydrogens is 336 g/mol. The van der Waals surface area contributed by atoms with Crippen LogP contribution in [0.25, 0.3) is 0 Å². The highest BCUT2D eigenvalue weighted by molar-refractivity contribution is 5.79. The Morgan fingerprint density at radius 2 is 1.59 bits per heavy atom. The second kappa shape index (κ2) is 9.52. The molecule has 2 aromatic carbocycles. The number of nitrogens with one attached hydrogen (secondary N) is 2. The Morgan fingerprint density at radius 1 is 0.926 bits per heavy atom. The van der Waals surface area contributed by atoms with Gasteiger partial charge >= 0.3 is 0 Å². The van der Waals surface area contributed by atoms with Gasteiger partial charge in [-0.3, -0.25) is 0 Å². The first-order chi connectivity index (χ1) is 13.2. The van der Waals surface area contributed by atoms with E-state index in [1.165, 1.54) is 11.1 Å². The van der Waals surface area contributed by atoms with Crippen molar-refractivity contribution >= 4 is 5.96 Å². The topological polar surface area (TPSA) is 67.1 Å². The van der Waals surface area contributed by atoms with Crippen LogP contribution in [0.4, 0.5) is 0 Å². The second-order valence-electron chi connectivity index (χ2n) is 6.39. The summed E-state index contributed by atoms with van der Waals surface area (Å²) in [6.45, 7) is 3.95. The minimum atomic E-state index is 0.573. The summed E-state index contributed by atoms with van der Waals surface area (Å²) in [6.07, 6.45) is 0.940. The molecule has 0 spiro atoms. The molecule has 0 saturated heterocycles. The van der Waals surface area contributed by atoms with Crippen LogP contribution < -0.4 is 10.6 Å². The van der Waals surface area contributed by atoms with Crippen molar-refractivity contribution in [2.24, 2.45) is 12.0 Å². The van der Waals surface area contributed by atoms with Crippen LogP contribution in [0.1, 0.15) is 22.8 Å². The minimum absolute atomic E-state index is 0.573. The second-order valence-corrected chi connectivity index (χ2v) is 6.39. The van der Waals surface area contributed by atoms with Crippen molar-refractivity contribution in [3.63, 3.8) is 0 Å². The number of aryl methyl sites for hydroxylation is 1. The maximum Gasteiger partial charge on any atom is 0.191 e. The van der Waals surface area contributed by atoms with E-state index in [2.05, 4.69) is 57.2 Å². The van der Waals surface area contributed by atoms with Crippen molar-refractivity contribution in [1.29, 1.82) is 0 Å². The maximum absolute atomic E-state index is 4.71. The zero-order valence-corrected chi connectivity index (χ0v) is 15.9. The largest absolute Gasteiger partial charge is 0.356 e. The van der Waals surface area contributed by atoms with Crippen LogP contribution in [0.5, 0.6) is 0 Å². The van der Waals surface area contributed by atoms with E-state index in [0.717, 1.165) is 30.6 Å². The SMILES string of the molecule is Cc1nnc(CNC(=NCc2ccccc2)NCCc2ccccc2)n1C. The van der Waals surface area contributed by atoms with Crippen LogP contribution in [0.3, 0.4) is 0 Å². The van der Waals surface area contributed by atoms with Crippen LogP contribution in [0.15, 0.2) is 65.7 Å². The number of guanidine groups is 1. The molecule has 0 fully saturated rings. The smallest absolute Gasteiger partial charge is 0.191 e. The monoisotopic (exact) mass is 362 g/mol. The summed E-state index contributed by atoms with van der Waals surface area (Å²) in [5.41, 5.74) is 2.48. The van der Waals surface area contributed by atoms with E-state index in [1.54, 1.807) is 0 Å². The maximum atomic E-state index is 4.71. The normalized spacial score (nSPS) is 11.4. The highest BCUT2D eigenvalue weighted by Gasteiger charge is 2.06. The summed E-state index contributed by atoms with van der Waals surface area (Å²) >= 11 is 0. The molecule has 0 atom stereocenters. The van der Waals surface area contributed by atoms with E-state index >= 15 is 0 Å².